The molecular weight excluding hydrogens is 261 g/mol. The number of carbonyl (C=O) groups is 2. The molecule has 0 bridgehead atoms. The molecule has 0 unspecified atom stereocenters. The van der Waals surface area contributed by atoms with E-state index in [0.29, 0.717) is 6.29 Å². The van der Waals surface area contributed by atoms with Crippen molar-refractivity contribution >= 4 is 12.2 Å². The Bertz CT molecular complexity index is 482. The summed E-state index contributed by atoms with van der Waals surface area (Å²) in [5.74, 6) is -0.351. The third-order valence-corrected chi connectivity index (χ3v) is 3.41. The van der Waals surface area contributed by atoms with Crippen LogP contribution in [0.15, 0.2) is 18.2 Å². The first-order chi connectivity index (χ1) is 9.70. The molecule has 0 spiro atoms. The predicted molar refractivity (Wildman–Crippen MR) is 72.3 cm³/mol. The number of nitrogens with zero attached hydrogens (tertiary/aromatic N) is 1. The van der Waals surface area contributed by atoms with Crippen LogP contribution in [0.1, 0.15) is 36.0 Å². The quantitative estimate of drug-likeness (QED) is 0.795. The molecule has 1 aromatic carbocycles. The van der Waals surface area contributed by atoms with Gasteiger partial charge in [0.05, 0.1) is 5.56 Å². The van der Waals surface area contributed by atoms with E-state index in [9.17, 15) is 14.0 Å². The van der Waals surface area contributed by atoms with Crippen molar-refractivity contribution in [2.24, 2.45) is 0 Å². The fourth-order valence-corrected chi connectivity index (χ4v) is 2.29. The molecule has 0 saturated carbocycles. The number of hydrogen-bond acceptors (Lipinski definition) is 3. The lowest BCUT2D eigenvalue weighted by Crippen LogP contribution is -2.35. The standard InChI is InChI=1S/C15H18FNO3/c16-13-5-6-14(12(9-13)10-18)20-11-15(19)17-7-3-1-2-4-8-17/h5-6,9-10H,1-4,7-8,11H2. The Kier molecular flexibility index (Phi) is 5.09. The van der Waals surface area contributed by atoms with Crippen LogP contribution in [0.3, 0.4) is 0 Å². The van der Waals surface area contributed by atoms with Crippen LogP contribution in [-0.2, 0) is 4.79 Å². The number of aldehydes is 1. The van der Waals surface area contributed by atoms with Gasteiger partial charge in [-0.1, -0.05) is 12.8 Å². The van der Waals surface area contributed by atoms with Gasteiger partial charge in [0.2, 0.25) is 0 Å². The van der Waals surface area contributed by atoms with Crippen LogP contribution in [0.2, 0.25) is 0 Å². The van der Waals surface area contributed by atoms with Crippen molar-refractivity contribution in [3.05, 3.63) is 29.6 Å². The number of ether oxygens (including phenoxy) is 1. The van der Waals surface area contributed by atoms with Gasteiger partial charge >= 0.3 is 0 Å². The molecule has 1 saturated heterocycles. The van der Waals surface area contributed by atoms with Gasteiger partial charge in [-0.25, -0.2) is 4.39 Å². The number of amides is 1. The van der Waals surface area contributed by atoms with E-state index >= 15 is 0 Å². The first-order valence-electron chi connectivity index (χ1n) is 6.86. The summed E-state index contributed by atoms with van der Waals surface area (Å²) in [6, 6.07) is 3.67. The number of halogens is 1. The molecule has 1 heterocycles. The molecule has 0 atom stereocenters. The second-order valence-corrected chi connectivity index (χ2v) is 4.88. The van der Waals surface area contributed by atoms with Crippen molar-refractivity contribution in [3.63, 3.8) is 0 Å². The second-order valence-electron chi connectivity index (χ2n) is 4.88. The number of likely N-dealkylation sites (tertiary alicyclic amines) is 1. The highest BCUT2D eigenvalue weighted by Gasteiger charge is 2.16. The van der Waals surface area contributed by atoms with E-state index in [0.717, 1.165) is 44.8 Å². The van der Waals surface area contributed by atoms with Crippen molar-refractivity contribution < 1.29 is 18.7 Å². The summed E-state index contributed by atoms with van der Waals surface area (Å²) in [5, 5.41) is 0. The number of hydrogen-bond donors (Lipinski definition) is 0. The molecule has 1 aliphatic heterocycles. The summed E-state index contributed by atoms with van der Waals surface area (Å²) >= 11 is 0. The van der Waals surface area contributed by atoms with Crippen molar-refractivity contribution in [1.82, 2.24) is 4.90 Å². The third kappa shape index (κ3) is 3.79. The largest absolute Gasteiger partial charge is 0.483 e. The van der Waals surface area contributed by atoms with Crippen molar-refractivity contribution in [3.8, 4) is 5.75 Å². The zero-order chi connectivity index (χ0) is 14.4. The van der Waals surface area contributed by atoms with Gasteiger partial charge in [-0.3, -0.25) is 9.59 Å². The minimum Gasteiger partial charge on any atom is -0.483 e. The van der Waals surface area contributed by atoms with Crippen molar-refractivity contribution in [2.75, 3.05) is 19.7 Å². The van der Waals surface area contributed by atoms with E-state index in [4.69, 9.17) is 4.74 Å². The zero-order valence-corrected chi connectivity index (χ0v) is 11.3. The summed E-state index contributed by atoms with van der Waals surface area (Å²) in [5.41, 5.74) is 0.119. The molecule has 4 nitrogen and oxygen atoms in total. The number of rotatable bonds is 4. The molecule has 0 radical (unpaired) electrons. The first-order valence-corrected chi connectivity index (χ1v) is 6.86. The van der Waals surface area contributed by atoms with Gasteiger partial charge in [-0.2, -0.15) is 0 Å². The summed E-state index contributed by atoms with van der Waals surface area (Å²) in [4.78, 5) is 24.6. The molecule has 20 heavy (non-hydrogen) atoms. The van der Waals surface area contributed by atoms with Crippen LogP contribution in [-0.4, -0.2) is 36.8 Å². The smallest absolute Gasteiger partial charge is 0.260 e. The molecule has 1 aliphatic rings. The highest BCUT2D eigenvalue weighted by molar-refractivity contribution is 5.81. The van der Waals surface area contributed by atoms with Gasteiger partial charge < -0.3 is 9.64 Å². The third-order valence-electron chi connectivity index (χ3n) is 3.41. The van der Waals surface area contributed by atoms with E-state index in [1.807, 2.05) is 0 Å². The lowest BCUT2D eigenvalue weighted by Gasteiger charge is -2.20. The Morgan fingerprint density at radius 1 is 1.25 bits per heavy atom. The predicted octanol–water partition coefficient (Wildman–Crippen LogP) is 2.42. The Balaban J connectivity index is 1.94. The molecular formula is C15H18FNO3. The van der Waals surface area contributed by atoms with Crippen LogP contribution in [0.5, 0.6) is 5.75 Å². The fourth-order valence-electron chi connectivity index (χ4n) is 2.29. The summed E-state index contributed by atoms with van der Waals surface area (Å²) < 4.78 is 18.3. The highest BCUT2D eigenvalue weighted by atomic mass is 19.1. The monoisotopic (exact) mass is 279 g/mol. The maximum absolute atomic E-state index is 13.0. The van der Waals surface area contributed by atoms with Crippen LogP contribution in [0.4, 0.5) is 4.39 Å². The SMILES string of the molecule is O=Cc1cc(F)ccc1OCC(=O)N1CCCCCC1. The van der Waals surface area contributed by atoms with Crippen LogP contribution < -0.4 is 4.74 Å². The van der Waals surface area contributed by atoms with Gasteiger partial charge in [0, 0.05) is 13.1 Å². The molecule has 0 aliphatic carbocycles. The summed E-state index contributed by atoms with van der Waals surface area (Å²) in [6.45, 7) is 1.39. The average molecular weight is 279 g/mol. The van der Waals surface area contributed by atoms with Crippen LogP contribution in [0, 0.1) is 5.82 Å². The van der Waals surface area contributed by atoms with Gasteiger partial charge in [0.25, 0.3) is 5.91 Å². The first kappa shape index (κ1) is 14.5. The van der Waals surface area contributed by atoms with Crippen LogP contribution >= 0.6 is 0 Å². The minimum absolute atomic E-state index is 0.0897. The second kappa shape index (κ2) is 7.03. The Morgan fingerprint density at radius 2 is 1.95 bits per heavy atom. The summed E-state index contributed by atoms with van der Waals surface area (Å²) in [7, 11) is 0. The normalized spacial score (nSPS) is 15.6. The van der Waals surface area contributed by atoms with E-state index < -0.39 is 5.82 Å². The molecule has 0 aromatic heterocycles. The molecule has 1 aromatic rings. The van der Waals surface area contributed by atoms with E-state index in [1.54, 1.807) is 4.90 Å². The molecule has 108 valence electrons. The number of carbonyl (C=O) groups excluding carboxylic acids is 2. The summed E-state index contributed by atoms with van der Waals surface area (Å²) in [6.07, 6.45) is 4.86. The molecule has 1 fully saturated rings. The Morgan fingerprint density at radius 3 is 2.60 bits per heavy atom. The molecule has 2 rings (SSSR count). The van der Waals surface area contributed by atoms with Crippen molar-refractivity contribution in [1.29, 1.82) is 0 Å². The lowest BCUT2D eigenvalue weighted by molar-refractivity contribution is -0.133. The van der Waals surface area contributed by atoms with Gasteiger partial charge in [-0.15, -0.1) is 0 Å². The Hall–Kier alpha value is -1.91. The molecule has 1 amide bonds. The average Bonchev–Trinajstić information content (AvgIpc) is 2.74. The Labute approximate surface area is 117 Å². The highest BCUT2D eigenvalue weighted by Crippen LogP contribution is 2.18. The number of benzene rings is 1. The van der Waals surface area contributed by atoms with E-state index in [-0.39, 0.29) is 23.8 Å². The fraction of sp³-hybridized carbons (Fsp3) is 0.467. The van der Waals surface area contributed by atoms with Gasteiger partial charge in [-0.05, 0) is 31.0 Å². The minimum atomic E-state index is -0.502. The maximum atomic E-state index is 13.0. The van der Waals surface area contributed by atoms with Gasteiger partial charge in [0.15, 0.2) is 12.9 Å². The van der Waals surface area contributed by atoms with Crippen molar-refractivity contribution in [2.45, 2.75) is 25.7 Å². The topological polar surface area (TPSA) is 46.6 Å². The molecule has 0 N–H and O–H groups in total. The zero-order valence-electron chi connectivity index (χ0n) is 11.3. The van der Waals surface area contributed by atoms with Crippen LogP contribution in [0.25, 0.3) is 0 Å². The lowest BCUT2D eigenvalue weighted by atomic mass is 10.2. The van der Waals surface area contributed by atoms with Gasteiger partial charge in [0.1, 0.15) is 11.6 Å². The molecule has 5 heteroatoms. The van der Waals surface area contributed by atoms with E-state index in [2.05, 4.69) is 0 Å². The van der Waals surface area contributed by atoms with E-state index in [1.165, 1.54) is 12.1 Å². The maximum Gasteiger partial charge on any atom is 0.260 e.